The molecule has 1 aromatic heterocycles. The van der Waals surface area contributed by atoms with E-state index in [0.29, 0.717) is 0 Å². The fourth-order valence-electron chi connectivity index (χ4n) is 0.955. The van der Waals surface area contributed by atoms with Gasteiger partial charge in [0.05, 0.1) is 0 Å². The highest BCUT2D eigenvalue weighted by molar-refractivity contribution is 9.12. The minimum Gasteiger partial charge on any atom is -0.261 e. The topological polar surface area (TPSA) is 12.9 Å². The van der Waals surface area contributed by atoms with E-state index in [-0.39, 0.29) is 0 Å². The molecular formula is C10H8BrN. The summed E-state index contributed by atoms with van der Waals surface area (Å²) in [6.45, 7) is 1.99. The predicted molar refractivity (Wildman–Crippen MR) is 54.0 cm³/mol. The minimum atomic E-state index is 1.06. The second-order valence-corrected chi connectivity index (χ2v) is 3.68. The van der Waals surface area contributed by atoms with Gasteiger partial charge in [0.25, 0.3) is 0 Å². The summed E-state index contributed by atoms with van der Waals surface area (Å²) in [5, 5.41) is 0. The van der Waals surface area contributed by atoms with Gasteiger partial charge in [0.1, 0.15) is 0 Å². The van der Waals surface area contributed by atoms with E-state index in [9.17, 15) is 0 Å². The summed E-state index contributed by atoms with van der Waals surface area (Å²) < 4.78 is 1.20. The third kappa shape index (κ3) is 1.64. The van der Waals surface area contributed by atoms with E-state index in [1.54, 1.807) is 0 Å². The average molecular weight is 222 g/mol. The monoisotopic (exact) mass is 221 g/mol. The molecule has 1 heterocycles. The van der Waals surface area contributed by atoms with Gasteiger partial charge >= 0.3 is 0 Å². The minimum absolute atomic E-state index is 1.06. The Labute approximate surface area is 80.0 Å². The molecule has 0 fully saturated rings. The highest BCUT2D eigenvalue weighted by Crippen LogP contribution is 2.34. The number of rotatable bonds is 1. The maximum Gasteiger partial charge on any atom is 0.0373 e. The van der Waals surface area contributed by atoms with E-state index in [1.807, 2.05) is 19.2 Å². The molecule has 0 N–H and O–H groups in total. The van der Waals surface area contributed by atoms with E-state index < -0.39 is 0 Å². The Morgan fingerprint density at radius 3 is 2.67 bits per heavy atom. The van der Waals surface area contributed by atoms with Crippen LogP contribution in [0.25, 0.3) is 6.08 Å². The number of aryl methyl sites for hydroxylation is 1. The van der Waals surface area contributed by atoms with Crippen LogP contribution in [0.1, 0.15) is 11.3 Å². The molecule has 0 saturated carbocycles. The van der Waals surface area contributed by atoms with Crippen LogP contribution in [0.5, 0.6) is 0 Å². The van der Waals surface area contributed by atoms with Gasteiger partial charge in [-0.25, -0.2) is 0 Å². The van der Waals surface area contributed by atoms with Gasteiger partial charge < -0.3 is 0 Å². The average Bonchev–Trinajstić information content (AvgIpc) is 2.72. The van der Waals surface area contributed by atoms with Gasteiger partial charge in [-0.15, -0.1) is 0 Å². The molecule has 0 saturated heterocycles. The number of nitrogens with zero attached hydrogens (tertiary/aromatic N) is 1. The summed E-state index contributed by atoms with van der Waals surface area (Å²) in [6, 6.07) is 4.09. The van der Waals surface area contributed by atoms with Crippen LogP contribution < -0.4 is 0 Å². The number of allylic oxidation sites excluding steroid dienone is 3. The number of hydrogen-bond acceptors (Lipinski definition) is 1. The number of aromatic nitrogens is 1. The molecule has 1 nitrogen and oxygen atoms in total. The lowest BCUT2D eigenvalue weighted by molar-refractivity contribution is 1.19. The fourth-order valence-corrected chi connectivity index (χ4v) is 1.32. The van der Waals surface area contributed by atoms with E-state index in [1.165, 1.54) is 10.1 Å². The largest absolute Gasteiger partial charge is 0.261 e. The van der Waals surface area contributed by atoms with Crippen molar-refractivity contribution in [3.05, 3.63) is 45.7 Å². The smallest absolute Gasteiger partial charge is 0.0373 e. The first-order valence-electron chi connectivity index (χ1n) is 3.77. The number of hydrogen-bond donors (Lipinski definition) is 0. The summed E-state index contributed by atoms with van der Waals surface area (Å²) in [4.78, 5) is 4.20. The van der Waals surface area contributed by atoms with Crippen molar-refractivity contribution in [1.82, 2.24) is 4.98 Å². The van der Waals surface area contributed by atoms with Crippen molar-refractivity contribution in [1.29, 1.82) is 0 Å². The molecule has 12 heavy (non-hydrogen) atoms. The molecule has 0 radical (unpaired) electrons. The summed E-state index contributed by atoms with van der Waals surface area (Å²) in [5.74, 6) is 0. The van der Waals surface area contributed by atoms with Crippen LogP contribution >= 0.6 is 15.9 Å². The summed E-state index contributed by atoms with van der Waals surface area (Å²) >= 11 is 3.39. The summed E-state index contributed by atoms with van der Waals surface area (Å²) in [5.41, 5.74) is 3.47. The molecule has 0 amide bonds. The van der Waals surface area contributed by atoms with Crippen molar-refractivity contribution in [2.45, 2.75) is 6.92 Å². The molecule has 60 valence electrons. The van der Waals surface area contributed by atoms with Crippen LogP contribution in [-0.4, -0.2) is 4.98 Å². The first-order chi connectivity index (χ1) is 5.75. The fraction of sp³-hybridized carbons (Fsp3) is 0.100. The van der Waals surface area contributed by atoms with Gasteiger partial charge in [-0.2, -0.15) is 0 Å². The quantitative estimate of drug-likeness (QED) is 0.711. The van der Waals surface area contributed by atoms with E-state index in [4.69, 9.17) is 0 Å². The van der Waals surface area contributed by atoms with Crippen LogP contribution in [0, 0.1) is 6.92 Å². The second-order valence-electron chi connectivity index (χ2n) is 2.82. The van der Waals surface area contributed by atoms with Crippen molar-refractivity contribution in [2.24, 2.45) is 0 Å². The van der Waals surface area contributed by atoms with Crippen molar-refractivity contribution >= 4 is 22.0 Å². The van der Waals surface area contributed by atoms with Gasteiger partial charge in [0, 0.05) is 16.4 Å². The molecule has 0 aromatic carbocycles. The van der Waals surface area contributed by atoms with Crippen molar-refractivity contribution in [3.8, 4) is 0 Å². The third-order valence-corrected chi connectivity index (χ3v) is 2.42. The zero-order valence-electron chi connectivity index (χ0n) is 6.71. The van der Waals surface area contributed by atoms with Gasteiger partial charge in [-0.05, 0) is 36.3 Å². The standard InChI is InChI=1S/C10H8BrN/c1-7-2-3-8(6-12-7)4-9-5-10(9)11/h2-6H,1H3/b9-4+. The van der Waals surface area contributed by atoms with Gasteiger partial charge in [-0.3, -0.25) is 4.98 Å². The summed E-state index contributed by atoms with van der Waals surface area (Å²) in [6.07, 6.45) is 6.07. The molecule has 1 aliphatic carbocycles. The maximum absolute atomic E-state index is 4.20. The highest BCUT2D eigenvalue weighted by Gasteiger charge is 2.11. The van der Waals surface area contributed by atoms with E-state index in [2.05, 4.69) is 39.1 Å². The zero-order chi connectivity index (χ0) is 8.55. The molecule has 0 spiro atoms. The van der Waals surface area contributed by atoms with Gasteiger partial charge in [0.2, 0.25) is 0 Å². The van der Waals surface area contributed by atoms with Crippen molar-refractivity contribution in [3.63, 3.8) is 0 Å². The molecule has 0 bridgehead atoms. The molecule has 2 rings (SSSR count). The normalized spacial score (nSPS) is 17.8. The molecule has 0 atom stereocenters. The van der Waals surface area contributed by atoms with Gasteiger partial charge in [0.15, 0.2) is 0 Å². The van der Waals surface area contributed by atoms with Crippen LogP contribution in [0.4, 0.5) is 0 Å². The number of halogens is 1. The Kier molecular flexibility index (Phi) is 1.85. The molecule has 0 aliphatic heterocycles. The Morgan fingerprint density at radius 1 is 1.42 bits per heavy atom. The molecular weight excluding hydrogens is 214 g/mol. The Balaban J connectivity index is 2.21. The van der Waals surface area contributed by atoms with Crippen LogP contribution in [0.2, 0.25) is 0 Å². The van der Waals surface area contributed by atoms with E-state index in [0.717, 1.165) is 11.3 Å². The van der Waals surface area contributed by atoms with Crippen LogP contribution in [-0.2, 0) is 0 Å². The van der Waals surface area contributed by atoms with Crippen molar-refractivity contribution in [2.75, 3.05) is 0 Å². The predicted octanol–water partition coefficient (Wildman–Crippen LogP) is 3.07. The first-order valence-corrected chi connectivity index (χ1v) is 4.57. The lowest BCUT2D eigenvalue weighted by Gasteiger charge is -1.92. The second kappa shape index (κ2) is 2.87. The summed E-state index contributed by atoms with van der Waals surface area (Å²) in [7, 11) is 0. The Morgan fingerprint density at radius 2 is 2.17 bits per heavy atom. The lowest BCUT2D eigenvalue weighted by Crippen LogP contribution is -1.79. The first kappa shape index (κ1) is 7.74. The maximum atomic E-state index is 4.20. The molecule has 2 heteroatoms. The Hall–Kier alpha value is -0.890. The third-order valence-electron chi connectivity index (χ3n) is 1.73. The molecule has 1 aliphatic rings. The molecule has 1 aromatic rings. The van der Waals surface area contributed by atoms with Crippen LogP contribution in [0.3, 0.4) is 0 Å². The lowest BCUT2D eigenvalue weighted by atomic mass is 10.2. The van der Waals surface area contributed by atoms with Crippen molar-refractivity contribution < 1.29 is 0 Å². The van der Waals surface area contributed by atoms with Crippen LogP contribution in [0.15, 0.2) is 34.5 Å². The molecule has 0 unspecified atom stereocenters. The van der Waals surface area contributed by atoms with E-state index >= 15 is 0 Å². The zero-order valence-corrected chi connectivity index (χ0v) is 8.30. The highest BCUT2D eigenvalue weighted by atomic mass is 79.9. The number of pyridine rings is 1. The van der Waals surface area contributed by atoms with Gasteiger partial charge in [-0.1, -0.05) is 22.0 Å². The Bertz CT molecular complexity index is 360. The SMILES string of the molecule is Cc1ccc(/C=C2C=C\2Br)cn1.